The van der Waals surface area contributed by atoms with Crippen molar-refractivity contribution in [1.82, 2.24) is 4.31 Å². The van der Waals surface area contributed by atoms with Gasteiger partial charge in [-0.1, -0.05) is 19.4 Å². The summed E-state index contributed by atoms with van der Waals surface area (Å²) in [6, 6.07) is 3.05. The highest BCUT2D eigenvalue weighted by molar-refractivity contribution is 7.89. The zero-order valence-corrected chi connectivity index (χ0v) is 11.5. The Labute approximate surface area is 111 Å². The van der Waals surface area contributed by atoms with Crippen LogP contribution in [0.1, 0.15) is 19.8 Å². The maximum atomic E-state index is 13.4. The topological polar surface area (TPSA) is 80.5 Å². The van der Waals surface area contributed by atoms with Crippen molar-refractivity contribution in [3.8, 4) is 0 Å². The highest BCUT2D eigenvalue weighted by atomic mass is 32.2. The molecule has 0 aliphatic rings. The number of nitro benzene ring substituents is 1. The predicted octanol–water partition coefficient (Wildman–Crippen LogP) is 2.15. The molecule has 0 atom stereocenters. The second-order valence-electron chi connectivity index (χ2n) is 4.02. The number of sulfonamides is 1. The lowest BCUT2D eigenvalue weighted by Gasteiger charge is -2.16. The fourth-order valence-corrected chi connectivity index (χ4v) is 2.92. The molecule has 0 fully saturated rings. The first-order valence-corrected chi connectivity index (χ1v) is 7.15. The number of hydrogen-bond acceptors (Lipinski definition) is 4. The smallest absolute Gasteiger partial charge is 0.258 e. The minimum Gasteiger partial charge on any atom is -0.258 e. The van der Waals surface area contributed by atoms with Crippen molar-refractivity contribution in [1.29, 1.82) is 0 Å². The van der Waals surface area contributed by atoms with E-state index < -0.39 is 31.3 Å². The molecule has 0 radical (unpaired) electrons. The molecule has 0 unspecified atom stereocenters. The first-order valence-electron chi connectivity index (χ1n) is 5.71. The lowest BCUT2D eigenvalue weighted by atomic mass is 10.3. The minimum atomic E-state index is -4.06. The van der Waals surface area contributed by atoms with E-state index in [4.69, 9.17) is 0 Å². The maximum absolute atomic E-state index is 13.4. The Morgan fingerprint density at radius 1 is 1.42 bits per heavy atom. The van der Waals surface area contributed by atoms with Crippen LogP contribution in [0, 0.1) is 15.9 Å². The molecule has 1 aromatic rings. The minimum absolute atomic E-state index is 0.229. The molecule has 0 amide bonds. The van der Waals surface area contributed by atoms with Gasteiger partial charge in [0.15, 0.2) is 4.90 Å². The van der Waals surface area contributed by atoms with Crippen LogP contribution >= 0.6 is 0 Å². The summed E-state index contributed by atoms with van der Waals surface area (Å²) >= 11 is 0. The van der Waals surface area contributed by atoms with Gasteiger partial charge in [0, 0.05) is 13.6 Å². The molecule has 0 aromatic heterocycles. The molecule has 8 heteroatoms. The van der Waals surface area contributed by atoms with E-state index in [-0.39, 0.29) is 6.54 Å². The van der Waals surface area contributed by atoms with Gasteiger partial charge in [-0.3, -0.25) is 10.1 Å². The van der Waals surface area contributed by atoms with Gasteiger partial charge in [0.2, 0.25) is 15.8 Å². The molecule has 0 aliphatic carbocycles. The maximum Gasteiger partial charge on any atom is 0.324 e. The molecule has 1 aromatic carbocycles. The largest absolute Gasteiger partial charge is 0.324 e. The van der Waals surface area contributed by atoms with Crippen molar-refractivity contribution in [2.45, 2.75) is 24.7 Å². The van der Waals surface area contributed by atoms with Gasteiger partial charge in [-0.25, -0.2) is 12.7 Å². The van der Waals surface area contributed by atoms with Crippen LogP contribution in [0.3, 0.4) is 0 Å². The van der Waals surface area contributed by atoms with Gasteiger partial charge in [-0.15, -0.1) is 0 Å². The predicted molar refractivity (Wildman–Crippen MR) is 67.8 cm³/mol. The van der Waals surface area contributed by atoms with Crippen LogP contribution in [0.5, 0.6) is 0 Å². The van der Waals surface area contributed by atoms with Gasteiger partial charge >= 0.3 is 5.69 Å². The highest BCUT2D eigenvalue weighted by Gasteiger charge is 2.31. The normalized spacial score (nSPS) is 11.8. The molecule has 0 N–H and O–H groups in total. The van der Waals surface area contributed by atoms with E-state index in [0.717, 1.165) is 28.9 Å². The Hall–Kier alpha value is -1.54. The first kappa shape index (κ1) is 15.5. The third-order valence-corrected chi connectivity index (χ3v) is 4.54. The van der Waals surface area contributed by atoms with Gasteiger partial charge in [0.1, 0.15) is 0 Å². The van der Waals surface area contributed by atoms with Crippen LogP contribution in [0.15, 0.2) is 23.1 Å². The van der Waals surface area contributed by atoms with E-state index >= 15 is 0 Å². The van der Waals surface area contributed by atoms with Crippen molar-refractivity contribution in [3.05, 3.63) is 34.1 Å². The molecular formula is C11H15FN2O4S. The number of halogens is 1. The average molecular weight is 290 g/mol. The molecule has 106 valence electrons. The Morgan fingerprint density at radius 3 is 2.58 bits per heavy atom. The number of rotatable bonds is 6. The molecule has 0 saturated carbocycles. The summed E-state index contributed by atoms with van der Waals surface area (Å²) in [7, 11) is -2.74. The molecule has 1 rings (SSSR count). The summed E-state index contributed by atoms with van der Waals surface area (Å²) in [4.78, 5) is 9.18. The highest BCUT2D eigenvalue weighted by Crippen LogP contribution is 2.28. The molecule has 6 nitrogen and oxygen atoms in total. The summed E-state index contributed by atoms with van der Waals surface area (Å²) in [6.07, 6.45) is 1.41. The number of benzene rings is 1. The molecular weight excluding hydrogens is 275 g/mol. The lowest BCUT2D eigenvalue weighted by Crippen LogP contribution is -2.28. The number of unbranched alkanes of at least 4 members (excludes halogenated alkanes) is 1. The zero-order valence-electron chi connectivity index (χ0n) is 10.7. The van der Waals surface area contributed by atoms with Gasteiger partial charge in [0.25, 0.3) is 0 Å². The summed E-state index contributed by atoms with van der Waals surface area (Å²) in [5, 5.41) is 10.8. The van der Waals surface area contributed by atoms with Crippen LogP contribution in [0.25, 0.3) is 0 Å². The van der Waals surface area contributed by atoms with E-state index in [1.165, 1.54) is 7.05 Å². The lowest BCUT2D eigenvalue weighted by molar-refractivity contribution is -0.390. The first-order chi connectivity index (χ1) is 8.82. The van der Waals surface area contributed by atoms with Crippen molar-refractivity contribution in [2.24, 2.45) is 0 Å². The molecule has 0 saturated heterocycles. The van der Waals surface area contributed by atoms with Gasteiger partial charge in [-0.05, 0) is 18.6 Å². The van der Waals surface area contributed by atoms with E-state index in [0.29, 0.717) is 6.42 Å². The third kappa shape index (κ3) is 3.27. The quantitative estimate of drug-likeness (QED) is 0.594. The number of nitro groups is 1. The van der Waals surface area contributed by atoms with Crippen molar-refractivity contribution in [3.63, 3.8) is 0 Å². The molecule has 0 heterocycles. The second kappa shape index (κ2) is 6.07. The molecule has 0 aliphatic heterocycles. The second-order valence-corrected chi connectivity index (χ2v) is 6.04. The molecule has 0 bridgehead atoms. The third-order valence-electron chi connectivity index (χ3n) is 2.65. The Balaban J connectivity index is 3.29. The summed E-state index contributed by atoms with van der Waals surface area (Å²) < 4.78 is 38.8. The van der Waals surface area contributed by atoms with Crippen molar-refractivity contribution >= 4 is 15.7 Å². The number of nitrogens with zero attached hydrogens (tertiary/aromatic N) is 2. The van der Waals surface area contributed by atoms with Crippen LogP contribution in [0.4, 0.5) is 10.1 Å². The average Bonchev–Trinajstić information content (AvgIpc) is 2.34. The Kier molecular flexibility index (Phi) is 4.96. The SMILES string of the molecule is CCCCN(C)S(=O)(=O)c1cccc(F)c1[N+](=O)[O-]. The van der Waals surface area contributed by atoms with Crippen LogP contribution in [-0.2, 0) is 10.0 Å². The van der Waals surface area contributed by atoms with Gasteiger partial charge in [-0.2, -0.15) is 4.39 Å². The monoisotopic (exact) mass is 290 g/mol. The summed E-state index contributed by atoms with van der Waals surface area (Å²) in [6.45, 7) is 2.12. The van der Waals surface area contributed by atoms with E-state index in [9.17, 15) is 22.9 Å². The Morgan fingerprint density at radius 2 is 2.05 bits per heavy atom. The van der Waals surface area contributed by atoms with Crippen LogP contribution in [0.2, 0.25) is 0 Å². The van der Waals surface area contributed by atoms with E-state index in [1.54, 1.807) is 0 Å². The molecule has 19 heavy (non-hydrogen) atoms. The van der Waals surface area contributed by atoms with Crippen molar-refractivity contribution in [2.75, 3.05) is 13.6 Å². The van der Waals surface area contributed by atoms with Gasteiger partial charge < -0.3 is 0 Å². The summed E-state index contributed by atoms with van der Waals surface area (Å²) in [5.41, 5.74) is -1.01. The zero-order chi connectivity index (χ0) is 14.6. The standard InChI is InChI=1S/C11H15FN2O4S/c1-3-4-8-13(2)19(17,18)10-7-5-6-9(12)11(10)14(15)16/h5-7H,3-4,8H2,1-2H3. The Bertz CT molecular complexity index is 574. The van der Waals surface area contributed by atoms with E-state index in [2.05, 4.69) is 0 Å². The van der Waals surface area contributed by atoms with Crippen molar-refractivity contribution < 1.29 is 17.7 Å². The fraction of sp³-hybridized carbons (Fsp3) is 0.455. The van der Waals surface area contributed by atoms with Crippen LogP contribution in [-0.4, -0.2) is 31.2 Å². The number of para-hydroxylation sites is 1. The summed E-state index contributed by atoms with van der Waals surface area (Å²) in [5.74, 6) is -1.16. The van der Waals surface area contributed by atoms with Crippen LogP contribution < -0.4 is 0 Å². The fourth-order valence-electron chi connectivity index (χ4n) is 1.55. The number of hydrogen-bond donors (Lipinski definition) is 0. The van der Waals surface area contributed by atoms with E-state index in [1.807, 2.05) is 6.92 Å². The van der Waals surface area contributed by atoms with Gasteiger partial charge in [0.05, 0.1) is 4.92 Å². The molecule has 0 spiro atoms.